The lowest BCUT2D eigenvalue weighted by atomic mass is 10.2. The van der Waals surface area contributed by atoms with E-state index >= 15 is 0 Å². The third kappa shape index (κ3) is 4.91. The highest BCUT2D eigenvalue weighted by atomic mass is 16.5. The SMILES string of the molecule is CCNC(=NCc1ccc(OC)c(OC)c1)NCc1ccon1. The fourth-order valence-electron chi connectivity index (χ4n) is 1.99. The number of aromatic nitrogens is 1. The van der Waals surface area contributed by atoms with Gasteiger partial charge in [0.15, 0.2) is 17.5 Å². The molecule has 1 aromatic carbocycles. The Kier molecular flexibility index (Phi) is 6.28. The van der Waals surface area contributed by atoms with Gasteiger partial charge in [-0.15, -0.1) is 0 Å². The first kappa shape index (κ1) is 16.7. The third-order valence-electron chi connectivity index (χ3n) is 3.14. The molecule has 0 aliphatic rings. The van der Waals surface area contributed by atoms with E-state index in [4.69, 9.17) is 14.0 Å². The van der Waals surface area contributed by atoms with Crippen LogP contribution in [0, 0.1) is 0 Å². The van der Waals surface area contributed by atoms with E-state index in [1.807, 2.05) is 31.2 Å². The number of ether oxygens (including phenoxy) is 2. The zero-order chi connectivity index (χ0) is 16.5. The molecule has 0 radical (unpaired) electrons. The molecular weight excluding hydrogens is 296 g/mol. The minimum atomic E-state index is 0.522. The van der Waals surface area contributed by atoms with Crippen molar-refractivity contribution >= 4 is 5.96 Å². The summed E-state index contributed by atoms with van der Waals surface area (Å²) in [7, 11) is 3.24. The molecule has 1 aromatic heterocycles. The monoisotopic (exact) mass is 318 g/mol. The van der Waals surface area contributed by atoms with E-state index in [2.05, 4.69) is 20.8 Å². The Morgan fingerprint density at radius 3 is 2.65 bits per heavy atom. The van der Waals surface area contributed by atoms with E-state index in [1.54, 1.807) is 20.5 Å². The fourth-order valence-corrected chi connectivity index (χ4v) is 1.99. The van der Waals surface area contributed by atoms with E-state index in [0.717, 1.165) is 17.8 Å². The molecule has 0 amide bonds. The van der Waals surface area contributed by atoms with E-state index < -0.39 is 0 Å². The molecule has 0 fully saturated rings. The van der Waals surface area contributed by atoms with Gasteiger partial charge in [0.2, 0.25) is 0 Å². The van der Waals surface area contributed by atoms with E-state index in [0.29, 0.717) is 30.5 Å². The molecule has 2 aromatic rings. The highest BCUT2D eigenvalue weighted by Crippen LogP contribution is 2.27. The molecule has 23 heavy (non-hydrogen) atoms. The Labute approximate surface area is 135 Å². The van der Waals surface area contributed by atoms with Gasteiger partial charge in [-0.2, -0.15) is 0 Å². The van der Waals surface area contributed by atoms with Crippen LogP contribution in [0.4, 0.5) is 0 Å². The van der Waals surface area contributed by atoms with Crippen LogP contribution in [0.3, 0.4) is 0 Å². The summed E-state index contributed by atoms with van der Waals surface area (Å²) in [6.45, 7) is 3.86. The van der Waals surface area contributed by atoms with Crippen LogP contribution in [-0.2, 0) is 13.1 Å². The highest BCUT2D eigenvalue weighted by molar-refractivity contribution is 5.79. The summed E-state index contributed by atoms with van der Waals surface area (Å²) in [4.78, 5) is 4.55. The molecule has 0 bridgehead atoms. The van der Waals surface area contributed by atoms with Crippen LogP contribution < -0.4 is 20.1 Å². The Morgan fingerprint density at radius 1 is 1.17 bits per heavy atom. The molecule has 0 saturated heterocycles. The Morgan fingerprint density at radius 2 is 2.00 bits per heavy atom. The van der Waals surface area contributed by atoms with Gasteiger partial charge in [0.25, 0.3) is 0 Å². The summed E-state index contributed by atoms with van der Waals surface area (Å²) < 4.78 is 15.3. The number of nitrogens with zero attached hydrogens (tertiary/aromatic N) is 2. The van der Waals surface area contributed by atoms with E-state index in [-0.39, 0.29) is 0 Å². The molecular formula is C16H22N4O3. The van der Waals surface area contributed by atoms with Crippen molar-refractivity contribution in [2.45, 2.75) is 20.0 Å². The lowest BCUT2D eigenvalue weighted by molar-refractivity contribution is 0.354. The van der Waals surface area contributed by atoms with Crippen molar-refractivity contribution in [3.05, 3.63) is 41.8 Å². The fraction of sp³-hybridized carbons (Fsp3) is 0.375. The second-order valence-corrected chi connectivity index (χ2v) is 4.73. The summed E-state index contributed by atoms with van der Waals surface area (Å²) in [6.07, 6.45) is 1.55. The minimum Gasteiger partial charge on any atom is -0.493 e. The van der Waals surface area contributed by atoms with Crippen LogP contribution in [-0.4, -0.2) is 31.9 Å². The summed E-state index contributed by atoms with van der Waals surface area (Å²) >= 11 is 0. The molecule has 124 valence electrons. The molecule has 0 atom stereocenters. The number of nitrogens with one attached hydrogen (secondary N) is 2. The predicted molar refractivity (Wildman–Crippen MR) is 87.7 cm³/mol. The van der Waals surface area contributed by atoms with Crippen LogP contribution in [0.15, 0.2) is 40.0 Å². The van der Waals surface area contributed by atoms with Gasteiger partial charge in [0, 0.05) is 12.6 Å². The van der Waals surface area contributed by atoms with E-state index in [9.17, 15) is 0 Å². The van der Waals surface area contributed by atoms with Gasteiger partial charge in [-0.3, -0.25) is 0 Å². The number of hydrogen-bond acceptors (Lipinski definition) is 5. The predicted octanol–water partition coefficient (Wildman–Crippen LogP) is 1.95. The van der Waals surface area contributed by atoms with Gasteiger partial charge in [-0.1, -0.05) is 11.2 Å². The maximum Gasteiger partial charge on any atom is 0.191 e. The van der Waals surface area contributed by atoms with Gasteiger partial charge in [0.1, 0.15) is 12.0 Å². The smallest absolute Gasteiger partial charge is 0.191 e. The van der Waals surface area contributed by atoms with Gasteiger partial charge < -0.3 is 24.6 Å². The Bertz CT molecular complexity index is 626. The average Bonchev–Trinajstić information content (AvgIpc) is 3.10. The van der Waals surface area contributed by atoms with Crippen molar-refractivity contribution in [2.24, 2.45) is 4.99 Å². The molecule has 7 nitrogen and oxygen atoms in total. The van der Waals surface area contributed by atoms with Gasteiger partial charge in [0.05, 0.1) is 27.3 Å². The molecule has 2 rings (SSSR count). The summed E-state index contributed by atoms with van der Waals surface area (Å²) in [5.74, 6) is 2.11. The number of aliphatic imine (C=N–C) groups is 1. The Balaban J connectivity index is 2.01. The first-order valence-electron chi connectivity index (χ1n) is 7.39. The maximum absolute atomic E-state index is 5.30. The summed E-state index contributed by atoms with van der Waals surface area (Å²) in [6, 6.07) is 7.57. The standard InChI is InChI=1S/C16H22N4O3/c1-4-17-16(19-11-13-7-8-23-20-13)18-10-12-5-6-14(21-2)15(9-12)22-3/h5-9H,4,10-11H2,1-3H3,(H2,17,18,19). The van der Waals surface area contributed by atoms with Crippen molar-refractivity contribution < 1.29 is 14.0 Å². The van der Waals surface area contributed by atoms with Crippen molar-refractivity contribution in [1.29, 1.82) is 0 Å². The molecule has 1 heterocycles. The number of hydrogen-bond donors (Lipinski definition) is 2. The van der Waals surface area contributed by atoms with Crippen LogP contribution in [0.1, 0.15) is 18.2 Å². The van der Waals surface area contributed by atoms with Crippen LogP contribution >= 0.6 is 0 Å². The van der Waals surface area contributed by atoms with Gasteiger partial charge in [-0.25, -0.2) is 4.99 Å². The normalized spacial score (nSPS) is 11.2. The molecule has 0 aliphatic heterocycles. The highest BCUT2D eigenvalue weighted by Gasteiger charge is 2.05. The second kappa shape index (κ2) is 8.67. The third-order valence-corrected chi connectivity index (χ3v) is 3.14. The lowest BCUT2D eigenvalue weighted by Crippen LogP contribution is -2.36. The Hall–Kier alpha value is -2.70. The number of guanidine groups is 1. The molecule has 7 heteroatoms. The zero-order valence-electron chi connectivity index (χ0n) is 13.6. The van der Waals surface area contributed by atoms with Crippen LogP contribution in [0.5, 0.6) is 11.5 Å². The first-order valence-corrected chi connectivity index (χ1v) is 7.39. The van der Waals surface area contributed by atoms with Crippen molar-refractivity contribution in [3.63, 3.8) is 0 Å². The quantitative estimate of drug-likeness (QED) is 0.600. The summed E-state index contributed by atoms with van der Waals surface area (Å²) in [5.41, 5.74) is 1.85. The summed E-state index contributed by atoms with van der Waals surface area (Å²) in [5, 5.41) is 10.3. The minimum absolute atomic E-state index is 0.522. The van der Waals surface area contributed by atoms with E-state index in [1.165, 1.54) is 0 Å². The molecule has 0 spiro atoms. The molecule has 2 N–H and O–H groups in total. The molecule has 0 unspecified atom stereocenters. The first-order chi connectivity index (χ1) is 11.3. The number of benzene rings is 1. The average molecular weight is 318 g/mol. The van der Waals surface area contributed by atoms with Crippen molar-refractivity contribution in [1.82, 2.24) is 15.8 Å². The van der Waals surface area contributed by atoms with Crippen molar-refractivity contribution in [3.8, 4) is 11.5 Å². The van der Waals surface area contributed by atoms with Gasteiger partial charge in [-0.05, 0) is 24.6 Å². The maximum atomic E-state index is 5.30. The second-order valence-electron chi connectivity index (χ2n) is 4.73. The largest absolute Gasteiger partial charge is 0.493 e. The topological polar surface area (TPSA) is 80.9 Å². The van der Waals surface area contributed by atoms with Crippen LogP contribution in [0.2, 0.25) is 0 Å². The zero-order valence-corrected chi connectivity index (χ0v) is 13.6. The van der Waals surface area contributed by atoms with Gasteiger partial charge >= 0.3 is 0 Å². The lowest BCUT2D eigenvalue weighted by Gasteiger charge is -2.11. The molecule has 0 saturated carbocycles. The number of rotatable bonds is 7. The molecule has 0 aliphatic carbocycles. The van der Waals surface area contributed by atoms with Crippen LogP contribution in [0.25, 0.3) is 0 Å². The number of methoxy groups -OCH3 is 2. The van der Waals surface area contributed by atoms with Crippen molar-refractivity contribution in [2.75, 3.05) is 20.8 Å².